The van der Waals surface area contributed by atoms with Gasteiger partial charge >= 0.3 is 6.09 Å². The Morgan fingerprint density at radius 3 is 2.29 bits per heavy atom. The van der Waals surface area contributed by atoms with Gasteiger partial charge in [-0.1, -0.05) is 32.9 Å². The second kappa shape index (κ2) is 7.58. The Morgan fingerprint density at radius 2 is 1.83 bits per heavy atom. The number of hydrogen-bond donors (Lipinski definition) is 1. The number of hydrogen-bond acceptors (Lipinski definition) is 4. The van der Waals surface area contributed by atoms with Crippen molar-refractivity contribution in [3.05, 3.63) is 12.2 Å². The van der Waals surface area contributed by atoms with Crippen LogP contribution in [0.25, 0.3) is 0 Å². The van der Waals surface area contributed by atoms with E-state index in [-0.39, 0.29) is 29.9 Å². The molecule has 1 fully saturated rings. The highest BCUT2D eigenvalue weighted by molar-refractivity contribution is 6.74. The lowest BCUT2D eigenvalue weighted by Gasteiger charge is -2.40. The molecular formula is C18H35NO4Si. The Kier molecular flexibility index (Phi) is 6.69. The molecule has 0 spiro atoms. The summed E-state index contributed by atoms with van der Waals surface area (Å²) in [6.45, 7) is 17.2. The first-order valence-corrected chi connectivity index (χ1v) is 11.6. The molecular weight excluding hydrogens is 322 g/mol. The van der Waals surface area contributed by atoms with Crippen molar-refractivity contribution in [2.24, 2.45) is 0 Å². The van der Waals surface area contributed by atoms with Crippen LogP contribution in [0, 0.1) is 0 Å². The predicted molar refractivity (Wildman–Crippen MR) is 99.6 cm³/mol. The quantitative estimate of drug-likeness (QED) is 0.612. The number of nitrogens with zero attached hydrogens (tertiary/aromatic N) is 1. The van der Waals surface area contributed by atoms with E-state index >= 15 is 0 Å². The minimum Gasteiger partial charge on any atom is -0.444 e. The van der Waals surface area contributed by atoms with Crippen LogP contribution < -0.4 is 0 Å². The van der Waals surface area contributed by atoms with Crippen molar-refractivity contribution in [1.82, 2.24) is 4.90 Å². The fourth-order valence-corrected chi connectivity index (χ4v) is 3.80. The summed E-state index contributed by atoms with van der Waals surface area (Å²) in [6, 6.07) is -0.193. The van der Waals surface area contributed by atoms with Crippen molar-refractivity contribution in [3.63, 3.8) is 0 Å². The van der Waals surface area contributed by atoms with Crippen LogP contribution >= 0.6 is 0 Å². The lowest BCUT2D eigenvalue weighted by Crippen LogP contribution is -2.48. The van der Waals surface area contributed by atoms with Crippen molar-refractivity contribution in [2.45, 2.75) is 83.8 Å². The standard InChI is InChI=1S/C18H35NO4Si/c1-17(2,3)22-16(21)19-12-11-15(14(19)10-9-13-20)23-24(7,8)18(4,5)6/h9-10,14-15,20H,11-13H2,1-8H3/t14-,15+/m1/s1. The molecule has 0 aliphatic carbocycles. The van der Waals surface area contributed by atoms with Crippen molar-refractivity contribution in [1.29, 1.82) is 0 Å². The lowest BCUT2D eigenvalue weighted by atomic mass is 10.1. The maximum atomic E-state index is 12.5. The molecule has 1 saturated heterocycles. The van der Waals surface area contributed by atoms with Crippen molar-refractivity contribution >= 4 is 14.4 Å². The summed E-state index contributed by atoms with van der Waals surface area (Å²) in [5.41, 5.74) is -0.527. The van der Waals surface area contributed by atoms with Crippen LogP contribution in [0.1, 0.15) is 48.0 Å². The molecule has 1 N–H and O–H groups in total. The van der Waals surface area contributed by atoms with Crippen molar-refractivity contribution in [3.8, 4) is 0 Å². The van der Waals surface area contributed by atoms with E-state index in [0.717, 1.165) is 6.42 Å². The third-order valence-electron chi connectivity index (χ3n) is 4.71. The average Bonchev–Trinajstić information content (AvgIpc) is 2.75. The highest BCUT2D eigenvalue weighted by Gasteiger charge is 2.45. The Bertz CT molecular complexity index is 463. The van der Waals surface area contributed by atoms with E-state index in [1.165, 1.54) is 0 Å². The maximum Gasteiger partial charge on any atom is 0.410 e. The molecule has 6 heteroatoms. The molecule has 5 nitrogen and oxygen atoms in total. The molecule has 1 amide bonds. The van der Waals surface area contributed by atoms with Crippen LogP contribution in [0.3, 0.4) is 0 Å². The Hall–Kier alpha value is -0.853. The fourth-order valence-electron chi connectivity index (χ4n) is 2.43. The molecule has 0 saturated carbocycles. The van der Waals surface area contributed by atoms with Gasteiger partial charge in [0.15, 0.2) is 8.32 Å². The summed E-state index contributed by atoms with van der Waals surface area (Å²) < 4.78 is 12.1. The summed E-state index contributed by atoms with van der Waals surface area (Å²) in [4.78, 5) is 14.2. The number of aliphatic hydroxyl groups is 1. The van der Waals surface area contributed by atoms with Gasteiger partial charge in [-0.3, -0.25) is 4.90 Å². The molecule has 1 rings (SSSR count). The predicted octanol–water partition coefficient (Wildman–Crippen LogP) is 3.93. The normalized spacial score (nSPS) is 23.1. The third kappa shape index (κ3) is 5.60. The van der Waals surface area contributed by atoms with E-state index in [0.29, 0.717) is 6.54 Å². The van der Waals surface area contributed by atoms with E-state index in [9.17, 15) is 4.79 Å². The van der Waals surface area contributed by atoms with Gasteiger partial charge in [0.2, 0.25) is 0 Å². The van der Waals surface area contributed by atoms with Crippen LogP contribution in [-0.2, 0) is 9.16 Å². The van der Waals surface area contributed by atoms with Gasteiger partial charge in [-0.2, -0.15) is 0 Å². The van der Waals surface area contributed by atoms with E-state index in [2.05, 4.69) is 33.9 Å². The summed E-state index contributed by atoms with van der Waals surface area (Å²) in [5, 5.41) is 9.24. The highest BCUT2D eigenvalue weighted by atomic mass is 28.4. The van der Waals surface area contributed by atoms with Gasteiger partial charge < -0.3 is 14.3 Å². The molecule has 0 aromatic carbocycles. The van der Waals surface area contributed by atoms with Crippen LogP contribution in [0.5, 0.6) is 0 Å². The number of rotatable bonds is 4. The van der Waals surface area contributed by atoms with E-state index < -0.39 is 13.9 Å². The number of aliphatic hydroxyl groups excluding tert-OH is 1. The SMILES string of the molecule is CC(C)(C)OC(=O)N1CC[C@H](O[Si](C)(C)C(C)(C)C)[C@H]1C=CCO. The molecule has 0 aromatic heterocycles. The Morgan fingerprint density at radius 1 is 1.25 bits per heavy atom. The number of ether oxygens (including phenoxy) is 1. The molecule has 1 heterocycles. The molecule has 24 heavy (non-hydrogen) atoms. The second-order valence-corrected chi connectivity index (χ2v) is 13.7. The highest BCUT2D eigenvalue weighted by Crippen LogP contribution is 2.39. The lowest BCUT2D eigenvalue weighted by molar-refractivity contribution is 0.0212. The number of likely N-dealkylation sites (tertiary alicyclic amines) is 1. The zero-order valence-corrected chi connectivity index (χ0v) is 17.5. The van der Waals surface area contributed by atoms with E-state index in [1.54, 1.807) is 11.0 Å². The van der Waals surface area contributed by atoms with Crippen LogP contribution in [0.4, 0.5) is 4.79 Å². The van der Waals surface area contributed by atoms with E-state index in [1.807, 2.05) is 26.8 Å². The Labute approximate surface area is 148 Å². The molecule has 1 aliphatic heterocycles. The third-order valence-corrected chi connectivity index (χ3v) is 9.22. The smallest absolute Gasteiger partial charge is 0.410 e. The number of carbonyl (C=O) groups is 1. The van der Waals surface area contributed by atoms with Gasteiger partial charge in [-0.05, 0) is 45.3 Å². The number of carbonyl (C=O) groups excluding carboxylic acids is 1. The fraction of sp³-hybridized carbons (Fsp3) is 0.833. The maximum absolute atomic E-state index is 12.5. The molecule has 1 aliphatic rings. The zero-order chi connectivity index (χ0) is 18.8. The van der Waals surface area contributed by atoms with Crippen LogP contribution in [-0.4, -0.2) is 55.3 Å². The first-order chi connectivity index (χ1) is 10.8. The molecule has 140 valence electrons. The van der Waals surface area contributed by atoms with Gasteiger partial charge in [0.25, 0.3) is 0 Å². The molecule has 0 unspecified atom stereocenters. The zero-order valence-electron chi connectivity index (χ0n) is 16.5. The summed E-state index contributed by atoms with van der Waals surface area (Å²) in [7, 11) is -1.94. The van der Waals surface area contributed by atoms with Crippen LogP contribution in [0.2, 0.25) is 18.1 Å². The molecule has 0 bridgehead atoms. The van der Waals surface area contributed by atoms with Gasteiger partial charge in [-0.15, -0.1) is 0 Å². The monoisotopic (exact) mass is 357 g/mol. The van der Waals surface area contributed by atoms with Crippen LogP contribution in [0.15, 0.2) is 12.2 Å². The summed E-state index contributed by atoms with van der Waals surface area (Å²) in [5.74, 6) is 0. The topological polar surface area (TPSA) is 59.0 Å². The molecule has 2 atom stereocenters. The average molecular weight is 358 g/mol. The minimum absolute atomic E-state index is 0.0501. The van der Waals surface area contributed by atoms with Crippen molar-refractivity contribution < 1.29 is 19.1 Å². The first-order valence-electron chi connectivity index (χ1n) is 8.73. The summed E-state index contributed by atoms with van der Waals surface area (Å²) >= 11 is 0. The largest absolute Gasteiger partial charge is 0.444 e. The van der Waals surface area contributed by atoms with Crippen molar-refractivity contribution in [2.75, 3.05) is 13.2 Å². The first kappa shape index (κ1) is 21.2. The molecule has 0 radical (unpaired) electrons. The second-order valence-electron chi connectivity index (χ2n) is 8.98. The minimum atomic E-state index is -1.94. The summed E-state index contributed by atoms with van der Waals surface area (Å²) in [6.07, 6.45) is 3.95. The van der Waals surface area contributed by atoms with Gasteiger partial charge in [0, 0.05) is 6.54 Å². The van der Waals surface area contributed by atoms with Gasteiger partial charge in [0.05, 0.1) is 18.8 Å². The Balaban J connectivity index is 2.95. The molecule has 0 aromatic rings. The van der Waals surface area contributed by atoms with Gasteiger partial charge in [-0.25, -0.2) is 4.79 Å². The number of amides is 1. The van der Waals surface area contributed by atoms with Gasteiger partial charge in [0.1, 0.15) is 5.60 Å². The van der Waals surface area contributed by atoms with E-state index in [4.69, 9.17) is 14.3 Å².